The maximum atomic E-state index is 13.0. The highest BCUT2D eigenvalue weighted by Gasteiger charge is 2.14. The Labute approximate surface area is 118 Å². The summed E-state index contributed by atoms with van der Waals surface area (Å²) in [6, 6.07) is 7.98. The minimum Gasteiger partial charge on any atom is -0.271 e. The first-order chi connectivity index (χ1) is 8.60. The largest absolute Gasteiger partial charge is 0.271 e. The van der Waals surface area contributed by atoms with Gasteiger partial charge in [-0.25, -0.2) is 4.39 Å². The van der Waals surface area contributed by atoms with Gasteiger partial charge in [-0.1, -0.05) is 29.3 Å². The van der Waals surface area contributed by atoms with Crippen molar-refractivity contribution in [2.75, 3.05) is 0 Å². The van der Waals surface area contributed by atoms with E-state index >= 15 is 0 Å². The molecule has 2 aromatic rings. The second kappa shape index (κ2) is 5.99. The van der Waals surface area contributed by atoms with Crippen molar-refractivity contribution in [3.05, 3.63) is 55.9 Å². The van der Waals surface area contributed by atoms with Gasteiger partial charge in [0, 0.05) is 9.90 Å². The van der Waals surface area contributed by atoms with E-state index in [-0.39, 0.29) is 11.9 Å². The van der Waals surface area contributed by atoms with Crippen LogP contribution >= 0.6 is 34.5 Å². The van der Waals surface area contributed by atoms with Crippen LogP contribution in [0.1, 0.15) is 16.5 Å². The Balaban J connectivity index is 2.20. The average molecular weight is 305 g/mol. The molecule has 0 amide bonds. The zero-order valence-electron chi connectivity index (χ0n) is 9.29. The highest BCUT2D eigenvalue weighted by Crippen LogP contribution is 2.30. The van der Waals surface area contributed by atoms with Crippen LogP contribution in [0.2, 0.25) is 9.36 Å². The van der Waals surface area contributed by atoms with Crippen LogP contribution in [-0.2, 0) is 6.42 Å². The summed E-state index contributed by atoms with van der Waals surface area (Å²) in [5.41, 5.74) is 3.56. The van der Waals surface area contributed by atoms with Gasteiger partial charge in [0.05, 0.1) is 10.4 Å². The summed E-state index contributed by atoms with van der Waals surface area (Å²) in [4.78, 5) is 1.02. The standard InChI is InChI=1S/C12H11Cl2FN2S/c13-9-6-8(15)2-1-7(9)5-10(17-16)11-3-4-12(14)18-11/h1-4,6,10,17H,5,16H2. The number of nitrogens with two attached hydrogens (primary N) is 1. The van der Waals surface area contributed by atoms with Crippen LogP contribution in [0, 0.1) is 5.82 Å². The summed E-state index contributed by atoms with van der Waals surface area (Å²) >= 11 is 13.3. The first-order valence-electron chi connectivity index (χ1n) is 5.25. The third-order valence-corrected chi connectivity index (χ3v) is 4.27. The smallest absolute Gasteiger partial charge is 0.124 e. The average Bonchev–Trinajstić information content (AvgIpc) is 2.75. The van der Waals surface area contributed by atoms with E-state index in [1.165, 1.54) is 23.5 Å². The topological polar surface area (TPSA) is 38.0 Å². The Hall–Kier alpha value is -0.650. The molecule has 0 spiro atoms. The predicted molar refractivity (Wildman–Crippen MR) is 74.5 cm³/mol. The molecule has 1 aromatic heterocycles. The molecule has 6 heteroatoms. The molecule has 2 nitrogen and oxygen atoms in total. The molecule has 3 N–H and O–H groups in total. The SMILES string of the molecule is NNC(Cc1ccc(F)cc1Cl)c1ccc(Cl)s1. The van der Waals surface area contributed by atoms with Crippen molar-refractivity contribution in [2.45, 2.75) is 12.5 Å². The molecule has 0 saturated heterocycles. The number of nitrogens with one attached hydrogen (secondary N) is 1. The maximum absolute atomic E-state index is 13.0. The van der Waals surface area contributed by atoms with Crippen molar-refractivity contribution < 1.29 is 4.39 Å². The molecule has 2 rings (SSSR count). The van der Waals surface area contributed by atoms with Gasteiger partial charge in [0.15, 0.2) is 0 Å². The van der Waals surface area contributed by atoms with Crippen molar-refractivity contribution in [2.24, 2.45) is 5.84 Å². The summed E-state index contributed by atoms with van der Waals surface area (Å²) in [5.74, 6) is 5.19. The monoisotopic (exact) mass is 304 g/mol. The van der Waals surface area contributed by atoms with E-state index in [0.717, 1.165) is 10.4 Å². The fourth-order valence-corrected chi connectivity index (χ4v) is 3.03. The van der Waals surface area contributed by atoms with Crippen LogP contribution in [0.25, 0.3) is 0 Å². The van der Waals surface area contributed by atoms with Gasteiger partial charge >= 0.3 is 0 Å². The Morgan fingerprint density at radius 1 is 1.28 bits per heavy atom. The fraction of sp³-hybridized carbons (Fsp3) is 0.167. The van der Waals surface area contributed by atoms with Crippen LogP contribution in [0.3, 0.4) is 0 Å². The minimum atomic E-state index is -0.347. The number of thiophene rings is 1. The highest BCUT2D eigenvalue weighted by molar-refractivity contribution is 7.16. The van der Waals surface area contributed by atoms with E-state index in [1.807, 2.05) is 12.1 Å². The van der Waals surface area contributed by atoms with E-state index in [2.05, 4.69) is 5.43 Å². The molecule has 1 heterocycles. The van der Waals surface area contributed by atoms with E-state index in [4.69, 9.17) is 29.0 Å². The fourth-order valence-electron chi connectivity index (χ4n) is 1.66. The van der Waals surface area contributed by atoms with Gasteiger partial charge in [-0.05, 0) is 36.2 Å². The van der Waals surface area contributed by atoms with Gasteiger partial charge in [0.1, 0.15) is 5.82 Å². The second-order valence-electron chi connectivity index (χ2n) is 3.80. The molecule has 1 unspecified atom stereocenters. The van der Waals surface area contributed by atoms with E-state index in [0.29, 0.717) is 15.8 Å². The summed E-state index contributed by atoms with van der Waals surface area (Å²) in [5, 5.41) is 0.401. The van der Waals surface area contributed by atoms with Crippen molar-refractivity contribution in [1.29, 1.82) is 0 Å². The Bertz CT molecular complexity index is 545. The van der Waals surface area contributed by atoms with Crippen LogP contribution in [-0.4, -0.2) is 0 Å². The van der Waals surface area contributed by atoms with E-state index < -0.39 is 0 Å². The molecular formula is C12H11Cl2FN2S. The van der Waals surface area contributed by atoms with Crippen LogP contribution in [0.5, 0.6) is 0 Å². The summed E-state index contributed by atoms with van der Waals surface area (Å²) in [7, 11) is 0. The Kier molecular flexibility index (Phi) is 4.59. The van der Waals surface area contributed by atoms with Crippen molar-refractivity contribution in [3.8, 4) is 0 Å². The van der Waals surface area contributed by atoms with Crippen LogP contribution < -0.4 is 11.3 Å². The highest BCUT2D eigenvalue weighted by atomic mass is 35.5. The minimum absolute atomic E-state index is 0.0922. The lowest BCUT2D eigenvalue weighted by Gasteiger charge is -2.15. The molecule has 1 atom stereocenters. The number of rotatable bonds is 4. The first-order valence-corrected chi connectivity index (χ1v) is 6.82. The molecule has 0 radical (unpaired) electrons. The van der Waals surface area contributed by atoms with Crippen molar-refractivity contribution >= 4 is 34.5 Å². The second-order valence-corrected chi connectivity index (χ2v) is 5.95. The summed E-state index contributed by atoms with van der Waals surface area (Å²) in [6.45, 7) is 0. The molecule has 0 bridgehead atoms. The van der Waals surface area contributed by atoms with Crippen LogP contribution in [0.15, 0.2) is 30.3 Å². The van der Waals surface area contributed by atoms with Gasteiger partial charge in [-0.3, -0.25) is 11.3 Å². The normalized spacial score (nSPS) is 12.7. The molecule has 0 aliphatic heterocycles. The molecule has 0 aliphatic carbocycles. The first kappa shape index (κ1) is 13.8. The molecular weight excluding hydrogens is 294 g/mol. The summed E-state index contributed by atoms with van der Waals surface area (Å²) < 4.78 is 13.7. The lowest BCUT2D eigenvalue weighted by Crippen LogP contribution is -2.29. The predicted octanol–water partition coefficient (Wildman–Crippen LogP) is 3.94. The van der Waals surface area contributed by atoms with Crippen LogP contribution in [0.4, 0.5) is 4.39 Å². The molecule has 0 fully saturated rings. The quantitative estimate of drug-likeness (QED) is 0.663. The molecule has 18 heavy (non-hydrogen) atoms. The van der Waals surface area contributed by atoms with Gasteiger partial charge in [-0.15, -0.1) is 11.3 Å². The molecule has 96 valence electrons. The summed E-state index contributed by atoms with van der Waals surface area (Å²) in [6.07, 6.45) is 0.576. The molecule has 1 aromatic carbocycles. The number of hydrogen-bond acceptors (Lipinski definition) is 3. The zero-order chi connectivity index (χ0) is 13.1. The van der Waals surface area contributed by atoms with Gasteiger partial charge in [0.25, 0.3) is 0 Å². The zero-order valence-corrected chi connectivity index (χ0v) is 11.6. The Morgan fingerprint density at radius 2 is 2.06 bits per heavy atom. The Morgan fingerprint density at radius 3 is 2.61 bits per heavy atom. The third kappa shape index (κ3) is 3.22. The van der Waals surface area contributed by atoms with Crippen molar-refractivity contribution in [1.82, 2.24) is 5.43 Å². The third-order valence-electron chi connectivity index (χ3n) is 2.58. The molecule has 0 aliphatic rings. The van der Waals surface area contributed by atoms with Gasteiger partial charge in [-0.2, -0.15) is 0 Å². The van der Waals surface area contributed by atoms with E-state index in [1.54, 1.807) is 6.07 Å². The van der Waals surface area contributed by atoms with Gasteiger partial charge < -0.3 is 0 Å². The van der Waals surface area contributed by atoms with E-state index in [9.17, 15) is 4.39 Å². The number of hydrogen-bond donors (Lipinski definition) is 2. The number of halogens is 3. The lowest BCUT2D eigenvalue weighted by molar-refractivity contribution is 0.559. The molecule has 0 saturated carbocycles. The lowest BCUT2D eigenvalue weighted by atomic mass is 10.1. The van der Waals surface area contributed by atoms with Crippen molar-refractivity contribution in [3.63, 3.8) is 0 Å². The maximum Gasteiger partial charge on any atom is 0.124 e. The number of hydrazine groups is 1. The van der Waals surface area contributed by atoms with Gasteiger partial charge in [0.2, 0.25) is 0 Å². The number of benzene rings is 1.